The fourth-order valence-electron chi connectivity index (χ4n) is 1.89. The molecular weight excluding hydrogens is 134 g/mol. The maximum absolute atomic E-state index is 3.42. The molecule has 0 unspecified atom stereocenters. The van der Waals surface area contributed by atoms with E-state index in [0.717, 1.165) is 0 Å². The molecule has 11 heavy (non-hydrogen) atoms. The predicted octanol–water partition coefficient (Wildman–Crippen LogP) is 2.34. The van der Waals surface area contributed by atoms with Gasteiger partial charge in [-0.15, -0.1) is 0 Å². The minimum absolute atomic E-state index is 0.667. The lowest BCUT2D eigenvalue weighted by atomic mass is 9.85. The smallest absolute Gasteiger partial charge is 0.00142 e. The highest BCUT2D eigenvalue weighted by Crippen LogP contribution is 2.38. The van der Waals surface area contributed by atoms with Crippen molar-refractivity contribution in [3.63, 3.8) is 0 Å². The van der Waals surface area contributed by atoms with Crippen molar-refractivity contribution < 1.29 is 0 Å². The van der Waals surface area contributed by atoms with E-state index in [2.05, 4.69) is 17.5 Å². The average molecular weight is 153 g/mol. The molecule has 0 bridgehead atoms. The molecule has 0 aromatic carbocycles. The topological polar surface area (TPSA) is 12.0 Å². The third-order valence-electron chi connectivity index (χ3n) is 2.60. The number of rotatable bonds is 0. The quantitative estimate of drug-likeness (QED) is 0.527. The van der Waals surface area contributed by atoms with Crippen LogP contribution in [0.15, 0.2) is 12.2 Å². The van der Waals surface area contributed by atoms with E-state index in [1.54, 1.807) is 0 Å². The summed E-state index contributed by atoms with van der Waals surface area (Å²) in [6, 6.07) is 0. The number of hydrogen-bond acceptors (Lipinski definition) is 1. The van der Waals surface area contributed by atoms with Crippen LogP contribution in [-0.4, -0.2) is 13.1 Å². The summed E-state index contributed by atoms with van der Waals surface area (Å²) < 4.78 is 0. The number of allylic oxidation sites excluding steroid dienone is 2. The first-order valence-corrected chi connectivity index (χ1v) is 4.77. The third kappa shape index (κ3) is 1.84. The lowest BCUT2D eigenvalue weighted by Gasteiger charge is -2.19. The summed E-state index contributed by atoms with van der Waals surface area (Å²) in [5, 5.41) is 3.42. The van der Waals surface area contributed by atoms with Crippen molar-refractivity contribution in [2.24, 2.45) is 5.41 Å². The highest BCUT2D eigenvalue weighted by atomic mass is 14.9. The van der Waals surface area contributed by atoms with Gasteiger partial charge >= 0.3 is 0 Å². The Bertz CT molecular complexity index is 122. The van der Waals surface area contributed by atoms with E-state index in [1.807, 2.05) is 13.8 Å². The SMILES string of the molecule is C1=CCC2(C1)CCNC2.CC. The molecule has 0 atom stereocenters. The Hall–Kier alpha value is -0.300. The number of hydrogen-bond donors (Lipinski definition) is 1. The molecule has 64 valence electrons. The maximum Gasteiger partial charge on any atom is 0.00142 e. The van der Waals surface area contributed by atoms with E-state index in [4.69, 9.17) is 0 Å². The van der Waals surface area contributed by atoms with Gasteiger partial charge in [0.05, 0.1) is 0 Å². The fraction of sp³-hybridized carbons (Fsp3) is 0.800. The molecule has 2 rings (SSSR count). The molecule has 1 nitrogen and oxygen atoms in total. The van der Waals surface area contributed by atoms with Crippen LogP contribution < -0.4 is 5.32 Å². The van der Waals surface area contributed by atoms with Crippen LogP contribution in [0.1, 0.15) is 33.1 Å². The van der Waals surface area contributed by atoms with Gasteiger partial charge in [0.15, 0.2) is 0 Å². The fourth-order valence-corrected chi connectivity index (χ4v) is 1.89. The molecular formula is C10H19N. The summed E-state index contributed by atoms with van der Waals surface area (Å²) in [6.07, 6.45) is 8.68. The second-order valence-corrected chi connectivity index (χ2v) is 3.31. The molecule has 1 N–H and O–H groups in total. The second-order valence-electron chi connectivity index (χ2n) is 3.31. The Labute approximate surface area is 69.9 Å². The van der Waals surface area contributed by atoms with Gasteiger partial charge < -0.3 is 5.32 Å². The van der Waals surface area contributed by atoms with Crippen molar-refractivity contribution in [1.29, 1.82) is 0 Å². The third-order valence-corrected chi connectivity index (χ3v) is 2.60. The van der Waals surface area contributed by atoms with Gasteiger partial charge in [-0.1, -0.05) is 26.0 Å². The molecule has 1 aliphatic heterocycles. The highest BCUT2D eigenvalue weighted by Gasteiger charge is 2.33. The van der Waals surface area contributed by atoms with Crippen molar-refractivity contribution in [1.82, 2.24) is 5.32 Å². The van der Waals surface area contributed by atoms with Crippen LogP contribution >= 0.6 is 0 Å². The minimum Gasteiger partial charge on any atom is -0.316 e. The van der Waals surface area contributed by atoms with E-state index in [0.29, 0.717) is 5.41 Å². The summed E-state index contributed by atoms with van der Waals surface area (Å²) in [4.78, 5) is 0. The van der Waals surface area contributed by atoms with Crippen molar-refractivity contribution in [3.05, 3.63) is 12.2 Å². The molecule has 1 heterocycles. The Morgan fingerprint density at radius 1 is 1.18 bits per heavy atom. The van der Waals surface area contributed by atoms with E-state index in [-0.39, 0.29) is 0 Å². The van der Waals surface area contributed by atoms with E-state index in [1.165, 1.54) is 32.4 Å². The van der Waals surface area contributed by atoms with Gasteiger partial charge in [-0.3, -0.25) is 0 Å². The molecule has 1 fully saturated rings. The molecule has 0 saturated carbocycles. The van der Waals surface area contributed by atoms with Crippen LogP contribution in [0.25, 0.3) is 0 Å². The zero-order valence-electron chi connectivity index (χ0n) is 7.69. The van der Waals surface area contributed by atoms with Crippen LogP contribution in [0, 0.1) is 5.41 Å². The Balaban J connectivity index is 0.000000281. The normalized spacial score (nSPS) is 25.3. The lowest BCUT2D eigenvalue weighted by Crippen LogP contribution is -2.19. The van der Waals surface area contributed by atoms with Crippen molar-refractivity contribution in [2.75, 3.05) is 13.1 Å². The Morgan fingerprint density at radius 2 is 1.82 bits per heavy atom. The highest BCUT2D eigenvalue weighted by molar-refractivity contribution is 5.05. The van der Waals surface area contributed by atoms with Gasteiger partial charge in [-0.2, -0.15) is 0 Å². The van der Waals surface area contributed by atoms with Crippen LogP contribution in [0.2, 0.25) is 0 Å². The molecule has 2 aliphatic rings. The van der Waals surface area contributed by atoms with Gasteiger partial charge in [0.2, 0.25) is 0 Å². The molecule has 1 spiro atoms. The van der Waals surface area contributed by atoms with E-state index < -0.39 is 0 Å². The zero-order valence-corrected chi connectivity index (χ0v) is 7.69. The standard InChI is InChI=1S/C8H13N.C2H6/c1-2-4-8(3-1)5-6-9-7-8;1-2/h1-2,9H,3-7H2;1-2H3. The monoisotopic (exact) mass is 153 g/mol. The molecule has 0 aromatic heterocycles. The van der Waals surface area contributed by atoms with Gasteiger partial charge in [0, 0.05) is 6.54 Å². The van der Waals surface area contributed by atoms with Crippen LogP contribution in [0.3, 0.4) is 0 Å². The van der Waals surface area contributed by atoms with Gasteiger partial charge in [-0.05, 0) is 31.2 Å². The van der Waals surface area contributed by atoms with Crippen molar-refractivity contribution >= 4 is 0 Å². The maximum atomic E-state index is 3.42. The van der Waals surface area contributed by atoms with Crippen molar-refractivity contribution in [2.45, 2.75) is 33.1 Å². The Kier molecular flexibility index (Phi) is 3.13. The van der Waals surface area contributed by atoms with E-state index >= 15 is 0 Å². The molecule has 1 heteroatoms. The molecule has 1 saturated heterocycles. The average Bonchev–Trinajstić information content (AvgIpc) is 2.69. The Morgan fingerprint density at radius 3 is 2.27 bits per heavy atom. The first-order chi connectivity index (χ1) is 5.41. The van der Waals surface area contributed by atoms with Gasteiger partial charge in [-0.25, -0.2) is 0 Å². The van der Waals surface area contributed by atoms with Crippen LogP contribution in [0.5, 0.6) is 0 Å². The summed E-state index contributed by atoms with van der Waals surface area (Å²) in [7, 11) is 0. The largest absolute Gasteiger partial charge is 0.316 e. The minimum atomic E-state index is 0.667. The molecule has 0 radical (unpaired) electrons. The van der Waals surface area contributed by atoms with Crippen LogP contribution in [0.4, 0.5) is 0 Å². The lowest BCUT2D eigenvalue weighted by molar-refractivity contribution is 0.351. The second kappa shape index (κ2) is 3.91. The molecule has 1 aliphatic carbocycles. The van der Waals surface area contributed by atoms with Crippen LogP contribution in [-0.2, 0) is 0 Å². The predicted molar refractivity (Wildman–Crippen MR) is 49.6 cm³/mol. The molecule has 0 aromatic rings. The van der Waals surface area contributed by atoms with Gasteiger partial charge in [0.1, 0.15) is 0 Å². The molecule has 0 amide bonds. The van der Waals surface area contributed by atoms with E-state index in [9.17, 15) is 0 Å². The van der Waals surface area contributed by atoms with Crippen molar-refractivity contribution in [3.8, 4) is 0 Å². The number of nitrogens with one attached hydrogen (secondary N) is 1. The summed E-state index contributed by atoms with van der Waals surface area (Å²) in [5.74, 6) is 0. The van der Waals surface area contributed by atoms with Gasteiger partial charge in [0.25, 0.3) is 0 Å². The summed E-state index contributed by atoms with van der Waals surface area (Å²) in [5.41, 5.74) is 0.667. The summed E-state index contributed by atoms with van der Waals surface area (Å²) >= 11 is 0. The summed E-state index contributed by atoms with van der Waals surface area (Å²) in [6.45, 7) is 6.49. The zero-order chi connectivity index (χ0) is 8.16. The first kappa shape index (κ1) is 8.79. The first-order valence-electron chi connectivity index (χ1n) is 4.77.